The number of aromatic nitrogens is 1. The number of amides is 2. The Balaban J connectivity index is 1.90. The smallest absolute Gasteiger partial charge is 0.253 e. The molecule has 0 aliphatic rings. The number of halogens is 1. The predicted octanol–water partition coefficient (Wildman–Crippen LogP) is 2.86. The van der Waals surface area contributed by atoms with Gasteiger partial charge in [-0.25, -0.2) is 0 Å². The van der Waals surface area contributed by atoms with E-state index in [4.69, 9.17) is 11.6 Å². The number of nitrogens with one attached hydrogen (secondary N) is 3. The Hall–Kier alpha value is -2.01. The summed E-state index contributed by atoms with van der Waals surface area (Å²) in [5.41, 5.74) is 1.36. The number of H-pyrrole nitrogens is 1. The number of fused-ring (bicyclic) bond motifs is 1. The van der Waals surface area contributed by atoms with Gasteiger partial charge in [-0.05, 0) is 25.5 Å². The summed E-state index contributed by atoms with van der Waals surface area (Å²) in [5.74, 6) is -0.259. The number of carbonyl (C=O) groups is 2. The van der Waals surface area contributed by atoms with Gasteiger partial charge >= 0.3 is 0 Å². The Morgan fingerprint density at radius 1 is 1.36 bits per heavy atom. The molecule has 0 aliphatic heterocycles. The third-order valence-corrected chi connectivity index (χ3v) is 3.78. The lowest BCUT2D eigenvalue weighted by Crippen LogP contribution is -2.35. The zero-order chi connectivity index (χ0) is 16.1. The third kappa shape index (κ3) is 4.01. The molecule has 0 aliphatic carbocycles. The van der Waals surface area contributed by atoms with Crippen LogP contribution >= 0.6 is 11.6 Å². The summed E-state index contributed by atoms with van der Waals surface area (Å²) in [7, 11) is 0. The van der Waals surface area contributed by atoms with Crippen LogP contribution in [0.3, 0.4) is 0 Å². The van der Waals surface area contributed by atoms with Gasteiger partial charge in [-0.1, -0.05) is 24.6 Å². The number of carbonyl (C=O) groups excluding carboxylic acids is 2. The lowest BCUT2D eigenvalue weighted by atomic mass is 10.1. The van der Waals surface area contributed by atoms with Gasteiger partial charge in [0, 0.05) is 41.1 Å². The topological polar surface area (TPSA) is 74.0 Å². The number of aromatic amines is 1. The van der Waals surface area contributed by atoms with Crippen molar-refractivity contribution in [3.8, 4) is 0 Å². The van der Waals surface area contributed by atoms with Gasteiger partial charge in [0.05, 0.1) is 5.56 Å². The van der Waals surface area contributed by atoms with Gasteiger partial charge in [0.1, 0.15) is 0 Å². The van der Waals surface area contributed by atoms with Crippen LogP contribution < -0.4 is 10.6 Å². The highest BCUT2D eigenvalue weighted by Crippen LogP contribution is 2.21. The van der Waals surface area contributed by atoms with Crippen molar-refractivity contribution >= 4 is 34.3 Å². The molecule has 22 heavy (non-hydrogen) atoms. The normalized spacial score (nSPS) is 12.1. The average Bonchev–Trinajstić information content (AvgIpc) is 2.89. The van der Waals surface area contributed by atoms with Crippen molar-refractivity contribution in [2.24, 2.45) is 0 Å². The summed E-state index contributed by atoms with van der Waals surface area (Å²) in [6.07, 6.45) is 2.80. The van der Waals surface area contributed by atoms with Crippen LogP contribution in [0.5, 0.6) is 0 Å². The Morgan fingerprint density at radius 3 is 2.86 bits per heavy atom. The lowest BCUT2D eigenvalue weighted by Gasteiger charge is -2.11. The molecule has 1 aromatic heterocycles. The maximum atomic E-state index is 12.2. The highest BCUT2D eigenvalue weighted by Gasteiger charge is 2.12. The van der Waals surface area contributed by atoms with Crippen molar-refractivity contribution in [3.63, 3.8) is 0 Å². The molecule has 0 fully saturated rings. The zero-order valence-electron chi connectivity index (χ0n) is 12.7. The molecule has 2 amide bonds. The molecule has 2 aromatic rings. The van der Waals surface area contributed by atoms with E-state index in [1.165, 1.54) is 0 Å². The molecule has 0 unspecified atom stereocenters. The van der Waals surface area contributed by atoms with Gasteiger partial charge in [-0.15, -0.1) is 0 Å². The van der Waals surface area contributed by atoms with Crippen LogP contribution in [0.15, 0.2) is 24.4 Å². The average molecular weight is 322 g/mol. The van der Waals surface area contributed by atoms with E-state index < -0.39 is 0 Å². The second-order valence-corrected chi connectivity index (χ2v) is 5.71. The maximum Gasteiger partial charge on any atom is 0.253 e. The minimum atomic E-state index is -0.204. The molecule has 0 saturated carbocycles. The van der Waals surface area contributed by atoms with Gasteiger partial charge in [-0.2, -0.15) is 0 Å². The summed E-state index contributed by atoms with van der Waals surface area (Å²) in [5, 5.41) is 7.05. The quantitative estimate of drug-likeness (QED) is 0.765. The molecule has 0 saturated heterocycles. The minimum absolute atomic E-state index is 0.0552. The largest absolute Gasteiger partial charge is 0.360 e. The summed E-state index contributed by atoms with van der Waals surface area (Å²) in [4.78, 5) is 26.8. The lowest BCUT2D eigenvalue weighted by molar-refractivity contribution is -0.121. The number of rotatable bonds is 6. The molecule has 0 radical (unpaired) electrons. The third-order valence-electron chi connectivity index (χ3n) is 3.55. The molecule has 2 rings (SSSR count). The maximum absolute atomic E-state index is 12.2. The molecular formula is C16H20ClN3O2. The first-order chi connectivity index (χ1) is 10.5. The fourth-order valence-corrected chi connectivity index (χ4v) is 2.29. The van der Waals surface area contributed by atoms with E-state index in [9.17, 15) is 9.59 Å². The molecule has 6 heteroatoms. The molecule has 3 N–H and O–H groups in total. The Bertz CT molecular complexity index is 681. The Morgan fingerprint density at radius 2 is 2.14 bits per heavy atom. The molecular weight excluding hydrogens is 302 g/mol. The zero-order valence-corrected chi connectivity index (χ0v) is 13.5. The van der Waals surface area contributed by atoms with E-state index in [2.05, 4.69) is 15.6 Å². The van der Waals surface area contributed by atoms with Crippen LogP contribution in [0.25, 0.3) is 10.9 Å². The fraction of sp³-hybridized carbons (Fsp3) is 0.375. The number of hydrogen-bond donors (Lipinski definition) is 3. The first-order valence-corrected chi connectivity index (χ1v) is 7.73. The van der Waals surface area contributed by atoms with E-state index >= 15 is 0 Å². The minimum Gasteiger partial charge on any atom is -0.360 e. The second-order valence-electron chi connectivity index (χ2n) is 5.27. The van der Waals surface area contributed by atoms with Crippen LogP contribution in [0.1, 0.15) is 37.0 Å². The highest BCUT2D eigenvalue weighted by atomic mass is 35.5. The molecule has 1 atom stereocenters. The van der Waals surface area contributed by atoms with Crippen molar-refractivity contribution < 1.29 is 9.59 Å². The summed E-state index contributed by atoms with van der Waals surface area (Å²) >= 11 is 5.91. The van der Waals surface area contributed by atoms with E-state index in [1.54, 1.807) is 24.4 Å². The highest BCUT2D eigenvalue weighted by molar-refractivity contribution is 6.31. The van der Waals surface area contributed by atoms with Gasteiger partial charge in [-0.3, -0.25) is 9.59 Å². The van der Waals surface area contributed by atoms with E-state index in [0.717, 1.165) is 17.3 Å². The fourth-order valence-electron chi connectivity index (χ4n) is 2.12. The monoisotopic (exact) mass is 321 g/mol. The van der Waals surface area contributed by atoms with Crippen LogP contribution in [0, 0.1) is 0 Å². The number of hydrogen-bond acceptors (Lipinski definition) is 2. The van der Waals surface area contributed by atoms with E-state index in [0.29, 0.717) is 17.1 Å². The molecule has 0 bridgehead atoms. The molecule has 0 spiro atoms. The summed E-state index contributed by atoms with van der Waals surface area (Å²) in [6.45, 7) is 4.27. The van der Waals surface area contributed by atoms with E-state index in [1.807, 2.05) is 13.8 Å². The van der Waals surface area contributed by atoms with Crippen molar-refractivity contribution in [2.75, 3.05) is 6.54 Å². The van der Waals surface area contributed by atoms with Crippen LogP contribution in [-0.2, 0) is 4.79 Å². The predicted molar refractivity (Wildman–Crippen MR) is 88.2 cm³/mol. The van der Waals surface area contributed by atoms with Gasteiger partial charge < -0.3 is 15.6 Å². The molecule has 1 heterocycles. The van der Waals surface area contributed by atoms with Crippen molar-refractivity contribution in [2.45, 2.75) is 32.7 Å². The molecule has 5 nitrogen and oxygen atoms in total. The molecule has 118 valence electrons. The Kier molecular flexibility index (Phi) is 5.44. The summed E-state index contributed by atoms with van der Waals surface area (Å²) < 4.78 is 0. The van der Waals surface area contributed by atoms with Crippen molar-refractivity contribution in [1.82, 2.24) is 15.6 Å². The van der Waals surface area contributed by atoms with Crippen LogP contribution in [0.4, 0.5) is 0 Å². The van der Waals surface area contributed by atoms with Gasteiger partial charge in [0.25, 0.3) is 5.91 Å². The van der Waals surface area contributed by atoms with Crippen molar-refractivity contribution in [1.29, 1.82) is 0 Å². The van der Waals surface area contributed by atoms with Gasteiger partial charge in [0.15, 0.2) is 0 Å². The summed E-state index contributed by atoms with van der Waals surface area (Å²) in [6, 6.07) is 5.47. The van der Waals surface area contributed by atoms with E-state index in [-0.39, 0.29) is 24.3 Å². The standard InChI is InChI=1S/C16H20ClN3O2/c1-3-10(2)20-15(21)6-7-18-16(22)13-9-19-14-8-11(17)4-5-12(13)14/h4-5,8-10,19H,3,6-7H2,1-2H3,(H,18,22)(H,20,21)/t10-/m0/s1. The second kappa shape index (κ2) is 7.31. The first-order valence-electron chi connectivity index (χ1n) is 7.35. The first kappa shape index (κ1) is 16.4. The Labute approximate surface area is 134 Å². The van der Waals surface area contributed by atoms with Crippen LogP contribution in [0.2, 0.25) is 5.02 Å². The SMILES string of the molecule is CC[C@H](C)NC(=O)CCNC(=O)c1c[nH]c2cc(Cl)ccc12. The van der Waals surface area contributed by atoms with Gasteiger partial charge in [0.2, 0.25) is 5.91 Å². The number of benzene rings is 1. The van der Waals surface area contributed by atoms with Crippen LogP contribution in [-0.4, -0.2) is 29.4 Å². The molecule has 1 aromatic carbocycles. The van der Waals surface area contributed by atoms with Crippen molar-refractivity contribution in [3.05, 3.63) is 35.0 Å².